The van der Waals surface area contributed by atoms with E-state index in [2.05, 4.69) is 10.2 Å². The third-order valence-electron chi connectivity index (χ3n) is 5.52. The van der Waals surface area contributed by atoms with E-state index in [9.17, 15) is 9.59 Å². The number of piperidine rings is 1. The van der Waals surface area contributed by atoms with Crippen LogP contribution >= 0.6 is 11.6 Å². The normalized spacial score (nSPS) is 15.3. The molecule has 1 N–H and O–H groups in total. The molecule has 0 aromatic heterocycles. The van der Waals surface area contributed by atoms with Crippen molar-refractivity contribution in [3.05, 3.63) is 77.3 Å². The molecule has 29 heavy (non-hydrogen) atoms. The molecule has 0 unspecified atom stereocenters. The minimum Gasteiger partial charge on any atom is -0.324 e. The molecule has 0 radical (unpaired) electrons. The summed E-state index contributed by atoms with van der Waals surface area (Å²) in [5.41, 5.74) is 1.54. The third kappa shape index (κ3) is 4.66. The van der Waals surface area contributed by atoms with Crippen LogP contribution in [0.1, 0.15) is 23.2 Å². The molecule has 1 heterocycles. The van der Waals surface area contributed by atoms with Gasteiger partial charge in [-0.15, -0.1) is 0 Å². The Morgan fingerprint density at radius 2 is 1.62 bits per heavy atom. The second-order valence-corrected chi connectivity index (χ2v) is 7.93. The number of Topliss-reactive ketones (excluding diaryl/α,β-unsaturated/α-hetero) is 1. The van der Waals surface area contributed by atoms with Gasteiger partial charge in [-0.25, -0.2) is 0 Å². The minimum atomic E-state index is -0.0242. The summed E-state index contributed by atoms with van der Waals surface area (Å²) in [4.78, 5) is 27.3. The molecule has 4 nitrogen and oxygen atoms in total. The molecule has 1 saturated heterocycles. The molecule has 0 aliphatic carbocycles. The van der Waals surface area contributed by atoms with E-state index in [1.807, 2.05) is 42.5 Å². The third-order valence-corrected chi connectivity index (χ3v) is 5.77. The summed E-state index contributed by atoms with van der Waals surface area (Å²) in [6.45, 7) is 1.82. The summed E-state index contributed by atoms with van der Waals surface area (Å²) in [5, 5.41) is 5.81. The molecule has 3 aromatic carbocycles. The number of hydrogen-bond donors (Lipinski definition) is 1. The van der Waals surface area contributed by atoms with E-state index < -0.39 is 0 Å². The Morgan fingerprint density at radius 1 is 0.931 bits per heavy atom. The lowest BCUT2D eigenvalue weighted by Gasteiger charge is -2.30. The molecule has 1 fully saturated rings. The fourth-order valence-electron chi connectivity index (χ4n) is 3.93. The van der Waals surface area contributed by atoms with E-state index in [0.717, 1.165) is 42.4 Å². The summed E-state index contributed by atoms with van der Waals surface area (Å²) < 4.78 is 0. The smallest absolute Gasteiger partial charge is 0.238 e. The maximum atomic E-state index is 12.7. The van der Waals surface area contributed by atoms with E-state index in [4.69, 9.17) is 11.6 Å². The van der Waals surface area contributed by atoms with Gasteiger partial charge in [0.2, 0.25) is 5.91 Å². The summed E-state index contributed by atoms with van der Waals surface area (Å²) in [6.07, 6.45) is 1.53. The van der Waals surface area contributed by atoms with Gasteiger partial charge in [0.15, 0.2) is 5.78 Å². The minimum absolute atomic E-state index is 0.00792. The van der Waals surface area contributed by atoms with Crippen LogP contribution in [0.2, 0.25) is 5.02 Å². The highest BCUT2D eigenvalue weighted by Gasteiger charge is 2.26. The number of halogens is 1. The average Bonchev–Trinajstić information content (AvgIpc) is 2.74. The molecule has 1 amide bonds. The van der Waals surface area contributed by atoms with Gasteiger partial charge in [0.1, 0.15) is 0 Å². The lowest BCUT2D eigenvalue weighted by molar-refractivity contribution is -0.117. The number of rotatable bonds is 5. The van der Waals surface area contributed by atoms with Crippen molar-refractivity contribution in [3.63, 3.8) is 0 Å². The number of anilines is 1. The lowest BCUT2D eigenvalue weighted by Crippen LogP contribution is -2.40. The molecule has 0 spiro atoms. The first-order valence-corrected chi connectivity index (χ1v) is 10.3. The number of nitrogens with one attached hydrogen (secondary N) is 1. The number of carbonyl (C=O) groups excluding carboxylic acids is 2. The SMILES string of the molecule is O=C(CN1CCC(C(=O)c2ccc(Cl)cc2)CC1)Nc1cccc2ccccc12. The van der Waals surface area contributed by atoms with Crippen molar-refractivity contribution in [2.24, 2.45) is 5.92 Å². The van der Waals surface area contributed by atoms with Gasteiger partial charge >= 0.3 is 0 Å². The Hall–Kier alpha value is -2.69. The predicted octanol–water partition coefficient (Wildman–Crippen LogP) is 5.03. The summed E-state index contributed by atoms with van der Waals surface area (Å²) in [6, 6.07) is 21.0. The van der Waals surface area contributed by atoms with Gasteiger partial charge < -0.3 is 5.32 Å². The largest absolute Gasteiger partial charge is 0.324 e. The molecule has 148 valence electrons. The van der Waals surface area contributed by atoms with Gasteiger partial charge in [-0.1, -0.05) is 48.0 Å². The van der Waals surface area contributed by atoms with Crippen LogP contribution in [-0.2, 0) is 4.79 Å². The van der Waals surface area contributed by atoms with E-state index in [1.54, 1.807) is 24.3 Å². The summed E-state index contributed by atoms with van der Waals surface area (Å²) >= 11 is 5.90. The maximum Gasteiger partial charge on any atom is 0.238 e. The number of amides is 1. The highest BCUT2D eigenvalue weighted by atomic mass is 35.5. The van der Waals surface area contributed by atoms with Gasteiger partial charge in [-0.3, -0.25) is 14.5 Å². The van der Waals surface area contributed by atoms with Gasteiger partial charge in [0, 0.05) is 27.6 Å². The number of nitrogens with zero attached hydrogens (tertiary/aromatic N) is 1. The number of carbonyl (C=O) groups is 2. The molecule has 0 saturated carbocycles. The molecule has 3 aromatic rings. The fourth-order valence-corrected chi connectivity index (χ4v) is 4.06. The Bertz CT molecular complexity index is 1020. The van der Waals surface area contributed by atoms with Crippen molar-refractivity contribution in [2.45, 2.75) is 12.8 Å². The molecule has 0 atom stereocenters. The van der Waals surface area contributed by atoms with Crippen LogP contribution in [0.4, 0.5) is 5.69 Å². The standard InChI is InChI=1S/C24H23ClN2O2/c25-20-10-8-18(9-11-20)24(29)19-12-14-27(15-13-19)16-23(28)26-22-7-3-5-17-4-1-2-6-21(17)22/h1-11,19H,12-16H2,(H,26,28). The first-order chi connectivity index (χ1) is 14.1. The summed E-state index contributed by atoms with van der Waals surface area (Å²) in [7, 11) is 0. The van der Waals surface area contributed by atoms with E-state index in [0.29, 0.717) is 17.1 Å². The van der Waals surface area contributed by atoms with Crippen molar-refractivity contribution >= 4 is 39.8 Å². The Morgan fingerprint density at radius 3 is 2.38 bits per heavy atom. The monoisotopic (exact) mass is 406 g/mol. The lowest BCUT2D eigenvalue weighted by atomic mass is 9.89. The number of benzene rings is 3. The number of likely N-dealkylation sites (tertiary alicyclic amines) is 1. The molecule has 0 bridgehead atoms. The Balaban J connectivity index is 1.32. The zero-order valence-electron chi connectivity index (χ0n) is 16.1. The van der Waals surface area contributed by atoms with Crippen molar-refractivity contribution in [1.29, 1.82) is 0 Å². The second kappa shape index (κ2) is 8.76. The van der Waals surface area contributed by atoms with Crippen LogP contribution in [0.3, 0.4) is 0 Å². The van der Waals surface area contributed by atoms with Crippen molar-refractivity contribution < 1.29 is 9.59 Å². The number of hydrogen-bond acceptors (Lipinski definition) is 3. The van der Waals surface area contributed by atoms with E-state index >= 15 is 0 Å². The van der Waals surface area contributed by atoms with Gasteiger partial charge in [-0.2, -0.15) is 0 Å². The fraction of sp³-hybridized carbons (Fsp3) is 0.250. The van der Waals surface area contributed by atoms with Crippen molar-refractivity contribution in [2.75, 3.05) is 25.0 Å². The molecule has 4 rings (SSSR count). The molecule has 1 aliphatic heterocycles. The summed E-state index contributed by atoms with van der Waals surface area (Å²) in [5.74, 6) is 0.152. The van der Waals surface area contributed by atoms with E-state index in [-0.39, 0.29) is 17.6 Å². The van der Waals surface area contributed by atoms with Crippen LogP contribution in [0.15, 0.2) is 66.7 Å². The first kappa shape index (κ1) is 19.6. The van der Waals surface area contributed by atoms with Crippen LogP contribution in [0.25, 0.3) is 10.8 Å². The Kier molecular flexibility index (Phi) is 5.93. The van der Waals surface area contributed by atoms with Gasteiger partial charge in [0.25, 0.3) is 0 Å². The topological polar surface area (TPSA) is 49.4 Å². The molecular formula is C24H23ClN2O2. The van der Waals surface area contributed by atoms with Crippen molar-refractivity contribution in [3.8, 4) is 0 Å². The molecule has 1 aliphatic rings. The molecular weight excluding hydrogens is 384 g/mol. The highest BCUT2D eigenvalue weighted by Crippen LogP contribution is 2.24. The Labute approximate surface area is 175 Å². The zero-order valence-corrected chi connectivity index (χ0v) is 16.9. The second-order valence-electron chi connectivity index (χ2n) is 7.50. The predicted molar refractivity (Wildman–Crippen MR) is 118 cm³/mol. The van der Waals surface area contributed by atoms with Gasteiger partial charge in [0.05, 0.1) is 6.54 Å². The number of fused-ring (bicyclic) bond motifs is 1. The van der Waals surface area contributed by atoms with Crippen LogP contribution < -0.4 is 5.32 Å². The number of ketones is 1. The molecule has 5 heteroatoms. The van der Waals surface area contributed by atoms with Crippen LogP contribution in [0, 0.1) is 5.92 Å². The van der Waals surface area contributed by atoms with E-state index in [1.165, 1.54) is 0 Å². The quantitative estimate of drug-likeness (QED) is 0.605. The first-order valence-electron chi connectivity index (χ1n) is 9.90. The zero-order chi connectivity index (χ0) is 20.2. The van der Waals surface area contributed by atoms with Crippen molar-refractivity contribution in [1.82, 2.24) is 4.90 Å². The maximum absolute atomic E-state index is 12.7. The van der Waals surface area contributed by atoms with Gasteiger partial charge in [-0.05, 0) is 61.6 Å². The van der Waals surface area contributed by atoms with Crippen LogP contribution in [0.5, 0.6) is 0 Å². The van der Waals surface area contributed by atoms with Crippen LogP contribution in [-0.4, -0.2) is 36.2 Å². The average molecular weight is 407 g/mol. The highest BCUT2D eigenvalue weighted by molar-refractivity contribution is 6.30.